The lowest BCUT2D eigenvalue weighted by Crippen LogP contribution is -2.42. The maximum absolute atomic E-state index is 14.0. The quantitative estimate of drug-likeness (QED) is 0.286. The minimum absolute atomic E-state index is 0.00382. The first-order valence-electron chi connectivity index (χ1n) is 11.8. The van der Waals surface area contributed by atoms with Gasteiger partial charge in [0.25, 0.3) is 18.2 Å². The fourth-order valence-corrected chi connectivity index (χ4v) is 5.14. The third-order valence-corrected chi connectivity index (χ3v) is 6.90. The summed E-state index contributed by atoms with van der Waals surface area (Å²) in [6.07, 6.45) is -7.94. The number of urea groups is 1. The maximum atomic E-state index is 14.0. The van der Waals surface area contributed by atoms with Gasteiger partial charge in [0.15, 0.2) is 5.72 Å². The van der Waals surface area contributed by atoms with Crippen molar-refractivity contribution in [2.24, 2.45) is 0 Å². The molecule has 2 heterocycles. The van der Waals surface area contributed by atoms with Crippen molar-refractivity contribution in [3.05, 3.63) is 92.5 Å². The van der Waals surface area contributed by atoms with Gasteiger partial charge in [-0.15, -0.1) is 0 Å². The van der Waals surface area contributed by atoms with Gasteiger partial charge < -0.3 is 26.0 Å². The molecular weight excluding hydrogens is 601 g/mol. The summed E-state index contributed by atoms with van der Waals surface area (Å²) in [4.78, 5) is 39.6. The summed E-state index contributed by atoms with van der Waals surface area (Å²) in [6, 6.07) is 3.87. The normalized spacial score (nSPS) is 18.0. The Balaban J connectivity index is 1.69. The summed E-state index contributed by atoms with van der Waals surface area (Å²) in [5.41, 5.74) is -6.69. The van der Waals surface area contributed by atoms with Gasteiger partial charge in [-0.2, -0.15) is 13.2 Å². The van der Waals surface area contributed by atoms with Crippen molar-refractivity contribution >= 4 is 40.8 Å². The molecule has 220 valence electrons. The topological polar surface area (TPSA) is 111 Å². The monoisotopic (exact) mass is 616 g/mol. The minimum Gasteiger partial charge on any atom is -0.363 e. The van der Waals surface area contributed by atoms with Crippen LogP contribution in [-0.2, 0) is 18.4 Å². The fourth-order valence-electron chi connectivity index (χ4n) is 4.84. The van der Waals surface area contributed by atoms with Crippen LogP contribution in [0.3, 0.4) is 0 Å². The predicted molar refractivity (Wildman–Crippen MR) is 133 cm³/mol. The summed E-state index contributed by atoms with van der Waals surface area (Å²) >= 11 is 6.14. The Bertz CT molecular complexity index is 1670. The number of anilines is 2. The molecule has 0 radical (unpaired) electrons. The van der Waals surface area contributed by atoms with Gasteiger partial charge in [-0.1, -0.05) is 11.6 Å². The Morgan fingerprint density at radius 3 is 2.45 bits per heavy atom. The number of fused-ring (bicyclic) bond motifs is 3. The van der Waals surface area contributed by atoms with E-state index in [-0.39, 0.29) is 27.9 Å². The third-order valence-electron chi connectivity index (χ3n) is 6.59. The van der Waals surface area contributed by atoms with Gasteiger partial charge in [0, 0.05) is 23.2 Å². The number of nitrogens with zero attached hydrogens (tertiary/aromatic N) is 1. The molecular formula is C26H16ClF7N4O4. The van der Waals surface area contributed by atoms with Crippen molar-refractivity contribution in [1.29, 1.82) is 0 Å². The summed E-state index contributed by atoms with van der Waals surface area (Å²) in [7, 11) is 0. The SMILES string of the molecule is O=C(Nc1cc2c(c3c1C(O)(c1ccc(F)cc1Cl)NC3=O)NC(=O)N(CC(F)F)C2)c1cc(F)cc(C(F)(F)F)c1. The average molecular weight is 617 g/mol. The van der Waals surface area contributed by atoms with E-state index < -0.39 is 88.8 Å². The highest BCUT2D eigenvalue weighted by atomic mass is 35.5. The Hall–Kier alpha value is -4.37. The molecule has 5 rings (SSSR count). The smallest absolute Gasteiger partial charge is 0.363 e. The minimum atomic E-state index is -5.01. The second-order valence-corrected chi connectivity index (χ2v) is 9.79. The van der Waals surface area contributed by atoms with Crippen LogP contribution in [-0.4, -0.2) is 40.8 Å². The largest absolute Gasteiger partial charge is 0.416 e. The van der Waals surface area contributed by atoms with E-state index in [9.17, 15) is 50.2 Å². The van der Waals surface area contributed by atoms with Gasteiger partial charge in [-0.3, -0.25) is 9.59 Å². The van der Waals surface area contributed by atoms with Crippen LogP contribution < -0.4 is 16.0 Å². The van der Waals surface area contributed by atoms with E-state index in [2.05, 4.69) is 16.0 Å². The van der Waals surface area contributed by atoms with Crippen molar-refractivity contribution in [3.63, 3.8) is 0 Å². The van der Waals surface area contributed by atoms with Crippen LogP contribution in [0, 0.1) is 11.6 Å². The molecule has 0 saturated carbocycles. The molecule has 42 heavy (non-hydrogen) atoms. The van der Waals surface area contributed by atoms with Crippen LogP contribution in [0.25, 0.3) is 0 Å². The summed E-state index contributed by atoms with van der Waals surface area (Å²) in [5, 5.41) is 18.1. The molecule has 16 heteroatoms. The third kappa shape index (κ3) is 5.09. The molecule has 1 unspecified atom stereocenters. The average Bonchev–Trinajstić information content (AvgIpc) is 3.15. The number of hydrogen-bond donors (Lipinski definition) is 4. The first kappa shape index (κ1) is 29.1. The van der Waals surface area contributed by atoms with Crippen molar-refractivity contribution < 1.29 is 50.2 Å². The molecule has 2 aliphatic rings. The molecule has 0 fully saturated rings. The van der Waals surface area contributed by atoms with E-state index in [4.69, 9.17) is 11.6 Å². The number of nitrogens with one attached hydrogen (secondary N) is 3. The van der Waals surface area contributed by atoms with Gasteiger partial charge in [-0.05, 0) is 48.0 Å². The molecule has 3 aromatic rings. The first-order valence-corrected chi connectivity index (χ1v) is 12.2. The standard InChI is InChI=1S/C26H16ClF7N4O4/c27-16-7-13(28)1-2-15(16)25(42)20-17(35-22(39)10-3-12(26(32,33)34)6-14(29)4-10)5-11-8-38(9-18(30)31)24(41)36-21(11)19(20)23(40)37-25/h1-7,18,42H,8-9H2,(H,35,39)(H,36,41)(H,37,40). The van der Waals surface area contributed by atoms with Gasteiger partial charge in [-0.25, -0.2) is 22.4 Å². The lowest BCUT2D eigenvalue weighted by atomic mass is 9.89. The van der Waals surface area contributed by atoms with Gasteiger partial charge >= 0.3 is 12.2 Å². The Morgan fingerprint density at radius 1 is 1.10 bits per heavy atom. The maximum Gasteiger partial charge on any atom is 0.416 e. The predicted octanol–water partition coefficient (Wildman–Crippen LogP) is 5.44. The molecule has 4 N–H and O–H groups in total. The number of hydrogen-bond acceptors (Lipinski definition) is 4. The number of halogens is 8. The molecule has 2 aliphatic heterocycles. The van der Waals surface area contributed by atoms with Crippen LogP contribution in [0.4, 0.5) is 46.9 Å². The van der Waals surface area contributed by atoms with E-state index in [0.29, 0.717) is 17.0 Å². The van der Waals surface area contributed by atoms with E-state index in [0.717, 1.165) is 24.3 Å². The van der Waals surface area contributed by atoms with Crippen LogP contribution in [0.15, 0.2) is 42.5 Å². The molecule has 0 spiro atoms. The molecule has 4 amide bonds. The summed E-state index contributed by atoms with van der Waals surface area (Å²) in [6.45, 7) is -1.50. The molecule has 0 bridgehead atoms. The number of carbonyl (C=O) groups is 3. The highest BCUT2D eigenvalue weighted by Gasteiger charge is 2.49. The number of alkyl halides is 5. The number of benzene rings is 3. The van der Waals surface area contributed by atoms with Crippen LogP contribution in [0.5, 0.6) is 0 Å². The van der Waals surface area contributed by atoms with Crippen molar-refractivity contribution in [3.8, 4) is 0 Å². The number of amides is 4. The summed E-state index contributed by atoms with van der Waals surface area (Å²) in [5.74, 6) is -4.54. The Labute approximate surface area is 236 Å². The zero-order valence-corrected chi connectivity index (χ0v) is 21.4. The second-order valence-electron chi connectivity index (χ2n) is 9.38. The van der Waals surface area contributed by atoms with Gasteiger partial charge in [0.1, 0.15) is 11.6 Å². The highest BCUT2D eigenvalue weighted by Crippen LogP contribution is 2.47. The Kier molecular flexibility index (Phi) is 7.05. The van der Waals surface area contributed by atoms with Crippen LogP contribution in [0.2, 0.25) is 5.02 Å². The first-order chi connectivity index (χ1) is 19.6. The number of carbonyl (C=O) groups excluding carboxylic acids is 3. The van der Waals surface area contributed by atoms with E-state index in [1.54, 1.807) is 0 Å². The molecule has 3 aromatic carbocycles. The van der Waals surface area contributed by atoms with Crippen LogP contribution >= 0.6 is 11.6 Å². The molecule has 1 atom stereocenters. The number of aliphatic hydroxyl groups is 1. The van der Waals surface area contributed by atoms with Gasteiger partial charge in [0.2, 0.25) is 0 Å². The van der Waals surface area contributed by atoms with Crippen molar-refractivity contribution in [2.75, 3.05) is 17.2 Å². The van der Waals surface area contributed by atoms with E-state index in [1.165, 1.54) is 0 Å². The van der Waals surface area contributed by atoms with Crippen molar-refractivity contribution in [2.45, 2.75) is 24.9 Å². The van der Waals surface area contributed by atoms with E-state index in [1.807, 2.05) is 0 Å². The zero-order valence-electron chi connectivity index (χ0n) is 20.7. The number of rotatable bonds is 5. The summed E-state index contributed by atoms with van der Waals surface area (Å²) < 4.78 is 93.7. The lowest BCUT2D eigenvalue weighted by molar-refractivity contribution is -0.137. The Morgan fingerprint density at radius 2 is 1.81 bits per heavy atom. The molecule has 0 aliphatic carbocycles. The molecule has 0 aromatic heterocycles. The van der Waals surface area contributed by atoms with Gasteiger partial charge in [0.05, 0.1) is 34.1 Å². The highest BCUT2D eigenvalue weighted by molar-refractivity contribution is 6.31. The van der Waals surface area contributed by atoms with E-state index >= 15 is 0 Å². The molecule has 8 nitrogen and oxygen atoms in total. The van der Waals surface area contributed by atoms with Crippen LogP contribution in [0.1, 0.15) is 43.0 Å². The zero-order chi connectivity index (χ0) is 30.7. The fraction of sp³-hybridized carbons (Fsp3) is 0.192. The van der Waals surface area contributed by atoms with Crippen molar-refractivity contribution in [1.82, 2.24) is 10.2 Å². The second kappa shape index (κ2) is 10.2. The molecule has 0 saturated heterocycles. The lowest BCUT2D eigenvalue weighted by Gasteiger charge is -2.32.